The Bertz CT molecular complexity index is 209. The Kier molecular flexibility index (Phi) is 9.08. The van der Waals surface area contributed by atoms with E-state index in [0.29, 0.717) is 12.5 Å². The lowest BCUT2D eigenvalue weighted by molar-refractivity contribution is -0.107. The second-order valence-electron chi connectivity index (χ2n) is 3.72. The molecule has 0 aromatic rings. The van der Waals surface area contributed by atoms with Gasteiger partial charge in [-0.2, -0.15) is 0 Å². The van der Waals surface area contributed by atoms with Crippen molar-refractivity contribution in [1.82, 2.24) is 4.90 Å². The van der Waals surface area contributed by atoms with Crippen molar-refractivity contribution >= 4 is 6.29 Å². The van der Waals surface area contributed by atoms with E-state index in [0.717, 1.165) is 25.7 Å². The van der Waals surface area contributed by atoms with E-state index in [9.17, 15) is 4.79 Å². The van der Waals surface area contributed by atoms with E-state index in [2.05, 4.69) is 50.1 Å². The van der Waals surface area contributed by atoms with Crippen LogP contribution in [0.4, 0.5) is 0 Å². The number of nitrogens with zero attached hydrogens (tertiary/aromatic N) is 1. The Labute approximate surface area is 93.7 Å². The maximum absolute atomic E-state index is 10.0. The van der Waals surface area contributed by atoms with E-state index in [1.54, 1.807) is 0 Å². The van der Waals surface area contributed by atoms with Crippen molar-refractivity contribution in [1.29, 1.82) is 0 Å². The lowest BCUT2D eigenvalue weighted by Crippen LogP contribution is -2.26. The molecule has 86 valence electrons. The molecule has 2 heteroatoms. The molecule has 0 saturated carbocycles. The molecule has 1 atom stereocenters. The summed E-state index contributed by atoms with van der Waals surface area (Å²) in [6.45, 7) is 5.40. The zero-order valence-corrected chi connectivity index (χ0v) is 10.1. The maximum Gasteiger partial charge on any atom is 0.120 e. The molecule has 0 aliphatic rings. The fraction of sp³-hybridized carbons (Fsp3) is 0.615. The van der Waals surface area contributed by atoms with Crippen LogP contribution in [0.5, 0.6) is 0 Å². The lowest BCUT2D eigenvalue weighted by Gasteiger charge is -2.19. The van der Waals surface area contributed by atoms with Crippen LogP contribution < -0.4 is 0 Å². The maximum atomic E-state index is 10.0. The van der Waals surface area contributed by atoms with Gasteiger partial charge in [-0.15, -0.1) is 0 Å². The molecule has 0 aromatic carbocycles. The van der Waals surface area contributed by atoms with Gasteiger partial charge in [0.05, 0.1) is 0 Å². The van der Waals surface area contributed by atoms with Crippen LogP contribution >= 0.6 is 0 Å². The number of allylic oxidation sites excluding steroid dienone is 3. The molecule has 0 heterocycles. The summed E-state index contributed by atoms with van der Waals surface area (Å²) in [6, 6.07) is 0.481. The van der Waals surface area contributed by atoms with Crippen molar-refractivity contribution < 1.29 is 4.79 Å². The summed E-state index contributed by atoms with van der Waals surface area (Å²) in [6.07, 6.45) is 12.0. The highest BCUT2D eigenvalue weighted by Gasteiger charge is 1.99. The third-order valence-electron chi connectivity index (χ3n) is 2.52. The molecule has 1 unspecified atom stereocenters. The van der Waals surface area contributed by atoms with Gasteiger partial charge in [-0.05, 0) is 33.4 Å². The summed E-state index contributed by atoms with van der Waals surface area (Å²) >= 11 is 0. The highest BCUT2D eigenvalue weighted by molar-refractivity contribution is 5.49. The number of unbranched alkanes of at least 4 members (excludes halogenated alkanes) is 2. The van der Waals surface area contributed by atoms with Crippen LogP contribution in [0.2, 0.25) is 0 Å². The summed E-state index contributed by atoms with van der Waals surface area (Å²) in [5, 5.41) is 0. The van der Waals surface area contributed by atoms with Crippen LogP contribution in [-0.4, -0.2) is 30.8 Å². The van der Waals surface area contributed by atoms with Crippen molar-refractivity contribution in [3.8, 4) is 0 Å². The number of aldehydes is 1. The van der Waals surface area contributed by atoms with Gasteiger partial charge in [0, 0.05) is 12.5 Å². The van der Waals surface area contributed by atoms with Crippen LogP contribution in [0.25, 0.3) is 0 Å². The molecule has 0 radical (unpaired) electrons. The molecule has 0 aromatic heterocycles. The molecular formula is C13H23NO. The van der Waals surface area contributed by atoms with Gasteiger partial charge in [0.15, 0.2) is 0 Å². The Balaban J connectivity index is 3.63. The van der Waals surface area contributed by atoms with Gasteiger partial charge in [0.1, 0.15) is 6.29 Å². The largest absolute Gasteiger partial charge is 0.303 e. The lowest BCUT2D eigenvalue weighted by atomic mass is 10.2. The molecular weight excluding hydrogens is 186 g/mol. The number of likely N-dealkylation sites (N-methyl/N-ethyl adjacent to an activating group) is 1. The van der Waals surface area contributed by atoms with Crippen molar-refractivity contribution in [3.63, 3.8) is 0 Å². The minimum absolute atomic E-state index is 0.481. The zero-order valence-electron chi connectivity index (χ0n) is 10.1. The number of carbonyl (C=O) groups excluding carboxylic acids is 1. The van der Waals surface area contributed by atoms with Crippen LogP contribution in [0.1, 0.15) is 33.1 Å². The monoisotopic (exact) mass is 209 g/mol. The average molecular weight is 209 g/mol. The fourth-order valence-electron chi connectivity index (χ4n) is 1.15. The van der Waals surface area contributed by atoms with Gasteiger partial charge in [-0.1, -0.05) is 31.2 Å². The molecule has 0 amide bonds. The third kappa shape index (κ3) is 8.13. The van der Waals surface area contributed by atoms with Gasteiger partial charge in [0.2, 0.25) is 0 Å². The van der Waals surface area contributed by atoms with Gasteiger partial charge in [-0.25, -0.2) is 0 Å². The zero-order chi connectivity index (χ0) is 11.5. The fourth-order valence-corrected chi connectivity index (χ4v) is 1.15. The standard InChI is InChI=1S/C13H23NO/c1-4-14(3)13(2)11-9-7-5-6-8-10-12-15/h5,7,9,11-13H,4,6,8,10H2,1-3H3/b7-5-,11-9-. The number of hydrogen-bond donors (Lipinski definition) is 0. The third-order valence-corrected chi connectivity index (χ3v) is 2.52. The van der Waals surface area contributed by atoms with E-state index < -0.39 is 0 Å². The highest BCUT2D eigenvalue weighted by Crippen LogP contribution is 1.98. The predicted molar refractivity (Wildman–Crippen MR) is 66.0 cm³/mol. The molecule has 0 bridgehead atoms. The normalized spacial score (nSPS) is 14.1. The quantitative estimate of drug-likeness (QED) is 0.348. The first kappa shape index (κ1) is 14.1. The van der Waals surface area contributed by atoms with E-state index in [4.69, 9.17) is 0 Å². The smallest absolute Gasteiger partial charge is 0.120 e. The number of carbonyl (C=O) groups is 1. The van der Waals surface area contributed by atoms with E-state index in [-0.39, 0.29) is 0 Å². The highest BCUT2D eigenvalue weighted by atomic mass is 16.1. The van der Waals surface area contributed by atoms with E-state index in [1.165, 1.54) is 0 Å². The van der Waals surface area contributed by atoms with Gasteiger partial charge >= 0.3 is 0 Å². The first-order valence-electron chi connectivity index (χ1n) is 5.69. The summed E-state index contributed by atoms with van der Waals surface area (Å²) in [7, 11) is 2.11. The topological polar surface area (TPSA) is 20.3 Å². The minimum atomic E-state index is 0.481. The summed E-state index contributed by atoms with van der Waals surface area (Å²) < 4.78 is 0. The van der Waals surface area contributed by atoms with Crippen LogP contribution in [0.3, 0.4) is 0 Å². The molecule has 0 aliphatic heterocycles. The Morgan fingerprint density at radius 1 is 1.27 bits per heavy atom. The van der Waals surface area contributed by atoms with Crippen molar-refractivity contribution in [2.75, 3.05) is 13.6 Å². The SMILES string of the molecule is CCN(C)C(C)/C=C\C=C/CCCC=O. The molecule has 0 saturated heterocycles. The van der Waals surface area contributed by atoms with Crippen molar-refractivity contribution in [3.05, 3.63) is 24.3 Å². The number of hydrogen-bond acceptors (Lipinski definition) is 2. The average Bonchev–Trinajstić information content (AvgIpc) is 2.26. The van der Waals surface area contributed by atoms with Crippen LogP contribution in [0, 0.1) is 0 Å². The van der Waals surface area contributed by atoms with Crippen molar-refractivity contribution in [2.45, 2.75) is 39.2 Å². The van der Waals surface area contributed by atoms with Crippen molar-refractivity contribution in [2.24, 2.45) is 0 Å². The second-order valence-corrected chi connectivity index (χ2v) is 3.72. The summed E-state index contributed by atoms with van der Waals surface area (Å²) in [5.41, 5.74) is 0. The molecule has 0 rings (SSSR count). The molecule has 0 aliphatic carbocycles. The van der Waals surface area contributed by atoms with Gasteiger partial charge in [0.25, 0.3) is 0 Å². The van der Waals surface area contributed by atoms with E-state index in [1.807, 2.05) is 0 Å². The number of rotatable bonds is 8. The first-order valence-corrected chi connectivity index (χ1v) is 5.69. The van der Waals surface area contributed by atoms with Crippen LogP contribution in [0.15, 0.2) is 24.3 Å². The minimum Gasteiger partial charge on any atom is -0.303 e. The van der Waals surface area contributed by atoms with Crippen LogP contribution in [-0.2, 0) is 4.79 Å². The molecule has 0 fully saturated rings. The Morgan fingerprint density at radius 2 is 2.00 bits per heavy atom. The van der Waals surface area contributed by atoms with Gasteiger partial charge in [-0.3, -0.25) is 0 Å². The summed E-state index contributed by atoms with van der Waals surface area (Å²) in [5.74, 6) is 0. The van der Waals surface area contributed by atoms with E-state index >= 15 is 0 Å². The molecule has 2 nitrogen and oxygen atoms in total. The second kappa shape index (κ2) is 9.66. The molecule has 15 heavy (non-hydrogen) atoms. The Morgan fingerprint density at radius 3 is 2.60 bits per heavy atom. The molecule has 0 N–H and O–H groups in total. The van der Waals surface area contributed by atoms with Gasteiger partial charge < -0.3 is 9.69 Å². The first-order chi connectivity index (χ1) is 7.22. The predicted octanol–water partition coefficient (Wildman–Crippen LogP) is 2.81. The molecule has 0 spiro atoms. The summed E-state index contributed by atoms with van der Waals surface area (Å²) in [4.78, 5) is 12.3. The Hall–Kier alpha value is -0.890.